The number of phosphoric ester groups is 2. The summed E-state index contributed by atoms with van der Waals surface area (Å²) in [5.74, 6) is -2.13. The molecule has 0 aromatic heterocycles. The number of carbonyl (C=O) groups excluding carboxylic acids is 4. The van der Waals surface area contributed by atoms with E-state index >= 15 is 0 Å². The molecule has 0 aliphatic heterocycles. The third-order valence-corrected chi connectivity index (χ3v) is 17.8. The molecule has 0 bridgehead atoms. The lowest BCUT2D eigenvalue weighted by molar-refractivity contribution is -0.161. The number of carbonyl (C=O) groups is 4. The predicted molar refractivity (Wildman–Crippen MR) is 349 cm³/mol. The SMILES string of the molecule is CCCCCCCCCCCCCCCCCCCCCCCC(=O)O[C@H](COC(=O)CCCCCCCCCCCCC)COP(=O)(O)OC[C@@H](O)COP(=O)(O)OC[C@@H](COC(=O)CCCCCCCCC)OC(=O)CCCCCCCCCC. The van der Waals surface area contributed by atoms with E-state index in [-0.39, 0.29) is 25.7 Å². The summed E-state index contributed by atoms with van der Waals surface area (Å²) >= 11 is 0. The van der Waals surface area contributed by atoms with Gasteiger partial charge in [-0.3, -0.25) is 37.3 Å². The Morgan fingerprint density at radius 2 is 0.460 bits per heavy atom. The first-order valence-corrected chi connectivity index (χ1v) is 38.8. The monoisotopic (exact) mass is 1280 g/mol. The lowest BCUT2D eigenvalue weighted by Crippen LogP contribution is -2.30. The molecule has 87 heavy (non-hydrogen) atoms. The molecule has 19 heteroatoms. The third kappa shape index (κ3) is 62.6. The van der Waals surface area contributed by atoms with Crippen LogP contribution < -0.4 is 0 Å². The molecule has 0 fully saturated rings. The van der Waals surface area contributed by atoms with E-state index in [1.165, 1.54) is 167 Å². The summed E-state index contributed by atoms with van der Waals surface area (Å²) in [5.41, 5.74) is 0. The fourth-order valence-electron chi connectivity index (χ4n) is 10.3. The quantitative estimate of drug-likeness (QED) is 0.0222. The van der Waals surface area contributed by atoms with E-state index in [0.29, 0.717) is 25.7 Å². The zero-order valence-electron chi connectivity index (χ0n) is 56.0. The van der Waals surface area contributed by atoms with Gasteiger partial charge >= 0.3 is 39.5 Å². The number of aliphatic hydroxyl groups is 1. The topological polar surface area (TPSA) is 237 Å². The molecular formula is C68H132O17P2. The van der Waals surface area contributed by atoms with Crippen LogP contribution in [0.2, 0.25) is 0 Å². The average molecular weight is 1280 g/mol. The largest absolute Gasteiger partial charge is 0.472 e. The Morgan fingerprint density at radius 1 is 0.276 bits per heavy atom. The number of ether oxygens (including phenoxy) is 4. The van der Waals surface area contributed by atoms with Crippen molar-refractivity contribution >= 4 is 39.5 Å². The van der Waals surface area contributed by atoms with Crippen LogP contribution in [0.25, 0.3) is 0 Å². The second-order valence-electron chi connectivity index (χ2n) is 24.6. The number of rotatable bonds is 69. The number of aliphatic hydroxyl groups excluding tert-OH is 1. The summed E-state index contributed by atoms with van der Waals surface area (Å²) in [7, 11) is -9.88. The number of hydrogen-bond donors (Lipinski definition) is 3. The van der Waals surface area contributed by atoms with Gasteiger partial charge in [-0.25, -0.2) is 9.13 Å². The van der Waals surface area contributed by atoms with Gasteiger partial charge in [0.1, 0.15) is 19.3 Å². The fourth-order valence-corrected chi connectivity index (χ4v) is 11.9. The highest BCUT2D eigenvalue weighted by atomic mass is 31.2. The van der Waals surface area contributed by atoms with Crippen molar-refractivity contribution in [2.24, 2.45) is 0 Å². The minimum Gasteiger partial charge on any atom is -0.462 e. The molecule has 5 atom stereocenters. The molecule has 0 amide bonds. The van der Waals surface area contributed by atoms with Crippen molar-refractivity contribution in [3.8, 4) is 0 Å². The van der Waals surface area contributed by atoms with Crippen LogP contribution in [-0.4, -0.2) is 96.7 Å². The third-order valence-electron chi connectivity index (χ3n) is 15.9. The minimum atomic E-state index is -4.95. The zero-order chi connectivity index (χ0) is 64.0. The second kappa shape index (κ2) is 62.8. The highest BCUT2D eigenvalue weighted by Gasteiger charge is 2.30. The molecule has 17 nitrogen and oxygen atoms in total. The van der Waals surface area contributed by atoms with Crippen molar-refractivity contribution in [2.75, 3.05) is 39.6 Å². The van der Waals surface area contributed by atoms with Gasteiger partial charge in [0.15, 0.2) is 12.2 Å². The number of hydrogen-bond acceptors (Lipinski definition) is 15. The lowest BCUT2D eigenvalue weighted by atomic mass is 10.0. The van der Waals surface area contributed by atoms with Crippen molar-refractivity contribution in [3.63, 3.8) is 0 Å². The highest BCUT2D eigenvalue weighted by Crippen LogP contribution is 2.45. The molecule has 0 radical (unpaired) electrons. The van der Waals surface area contributed by atoms with Crippen molar-refractivity contribution in [1.82, 2.24) is 0 Å². The summed E-state index contributed by atoms with van der Waals surface area (Å²) < 4.78 is 68.0. The molecular weight excluding hydrogens is 1150 g/mol. The lowest BCUT2D eigenvalue weighted by Gasteiger charge is -2.21. The normalized spacial score (nSPS) is 14.1. The van der Waals surface area contributed by atoms with Gasteiger partial charge in [0.25, 0.3) is 0 Å². The zero-order valence-corrected chi connectivity index (χ0v) is 57.8. The van der Waals surface area contributed by atoms with Crippen molar-refractivity contribution in [3.05, 3.63) is 0 Å². The van der Waals surface area contributed by atoms with Gasteiger partial charge in [-0.15, -0.1) is 0 Å². The summed E-state index contributed by atoms with van der Waals surface area (Å²) in [6, 6.07) is 0. The number of esters is 4. The van der Waals surface area contributed by atoms with E-state index in [9.17, 15) is 43.2 Å². The Bertz CT molecular complexity index is 1670. The Morgan fingerprint density at radius 3 is 0.678 bits per heavy atom. The first-order chi connectivity index (χ1) is 42.2. The second-order valence-corrected chi connectivity index (χ2v) is 27.5. The van der Waals surface area contributed by atoms with Crippen LogP contribution in [0.3, 0.4) is 0 Å². The van der Waals surface area contributed by atoms with E-state index in [1.807, 2.05) is 0 Å². The fraction of sp³-hybridized carbons (Fsp3) is 0.941. The van der Waals surface area contributed by atoms with Gasteiger partial charge in [0, 0.05) is 25.7 Å². The van der Waals surface area contributed by atoms with E-state index in [1.54, 1.807) is 0 Å². The maximum absolute atomic E-state index is 13.0. The van der Waals surface area contributed by atoms with Crippen molar-refractivity contribution in [2.45, 2.75) is 373 Å². The summed E-state index contributed by atoms with van der Waals surface area (Å²) in [5, 5.41) is 10.5. The molecule has 0 aromatic rings. The molecule has 0 saturated heterocycles. The summed E-state index contributed by atoms with van der Waals surface area (Å²) in [6.07, 6.45) is 50.3. The number of phosphoric acid groups is 2. The minimum absolute atomic E-state index is 0.105. The van der Waals surface area contributed by atoms with Crippen LogP contribution in [0.15, 0.2) is 0 Å². The maximum atomic E-state index is 13.0. The molecule has 0 aliphatic carbocycles. The maximum Gasteiger partial charge on any atom is 0.472 e. The molecule has 0 spiro atoms. The molecule has 0 rings (SSSR count). The molecule has 0 saturated carbocycles. The van der Waals surface area contributed by atoms with Crippen LogP contribution in [0.1, 0.15) is 355 Å². The Labute approximate surface area is 530 Å². The van der Waals surface area contributed by atoms with Gasteiger partial charge in [-0.2, -0.15) is 0 Å². The first kappa shape index (κ1) is 85.1. The molecule has 0 heterocycles. The van der Waals surface area contributed by atoms with E-state index in [2.05, 4.69) is 27.7 Å². The van der Waals surface area contributed by atoms with Gasteiger partial charge in [0.2, 0.25) is 0 Å². The van der Waals surface area contributed by atoms with Gasteiger partial charge in [0.05, 0.1) is 26.4 Å². The van der Waals surface area contributed by atoms with Gasteiger partial charge in [-0.1, -0.05) is 304 Å². The predicted octanol–water partition coefficient (Wildman–Crippen LogP) is 19.5. The summed E-state index contributed by atoms with van der Waals surface area (Å²) in [6.45, 7) is 4.85. The van der Waals surface area contributed by atoms with Crippen LogP contribution in [0.5, 0.6) is 0 Å². The van der Waals surface area contributed by atoms with E-state index in [4.69, 9.17) is 37.0 Å². The van der Waals surface area contributed by atoms with Crippen molar-refractivity contribution < 1.29 is 80.2 Å². The van der Waals surface area contributed by atoms with Gasteiger partial charge in [-0.05, 0) is 25.7 Å². The Balaban J connectivity index is 5.10. The molecule has 516 valence electrons. The van der Waals surface area contributed by atoms with Crippen LogP contribution >= 0.6 is 15.6 Å². The molecule has 0 aromatic carbocycles. The van der Waals surface area contributed by atoms with E-state index in [0.717, 1.165) is 109 Å². The molecule has 0 aliphatic rings. The standard InChI is InChI=1S/C68H132O17P2/c1-5-9-13-17-21-24-26-27-28-29-30-31-32-33-34-35-37-39-43-47-51-55-68(73)85-64(59-79-66(71)53-49-45-42-38-36-25-22-18-14-10-6-2)61-83-87(76,77)81-57-62(69)56-80-86(74,75)82-60-63(58-78-65(70)52-48-44-40-20-16-12-8-4)84-67(72)54-50-46-41-23-19-15-11-7-3/h62-64,69H,5-61H2,1-4H3,(H,74,75)(H,76,77)/t62-,63+,64+/m0/s1. The van der Waals surface area contributed by atoms with Crippen molar-refractivity contribution in [1.29, 1.82) is 0 Å². The smallest absolute Gasteiger partial charge is 0.462 e. The van der Waals surface area contributed by atoms with Crippen LogP contribution in [-0.2, 0) is 65.4 Å². The molecule has 2 unspecified atom stereocenters. The summed E-state index contributed by atoms with van der Waals surface area (Å²) in [4.78, 5) is 72.1. The Hall–Kier alpha value is -1.94. The molecule has 3 N–H and O–H groups in total. The number of unbranched alkanes of at least 4 members (excludes halogenated alkanes) is 43. The highest BCUT2D eigenvalue weighted by molar-refractivity contribution is 7.47. The Kier molecular flexibility index (Phi) is 61.4. The van der Waals surface area contributed by atoms with Gasteiger partial charge < -0.3 is 33.8 Å². The first-order valence-electron chi connectivity index (χ1n) is 35.8. The average Bonchev–Trinajstić information content (AvgIpc) is 3.53. The van der Waals surface area contributed by atoms with Crippen LogP contribution in [0.4, 0.5) is 0 Å². The van der Waals surface area contributed by atoms with Crippen LogP contribution in [0, 0.1) is 0 Å². The van der Waals surface area contributed by atoms with E-state index < -0.39 is 97.5 Å².